The molecule has 108 valence electrons. The Morgan fingerprint density at radius 3 is 2.67 bits per heavy atom. The summed E-state index contributed by atoms with van der Waals surface area (Å²) in [5, 5.41) is 0. The first-order chi connectivity index (χ1) is 10.3. The quantitative estimate of drug-likeness (QED) is 0.628. The Kier molecular flexibility index (Phi) is 3.11. The summed E-state index contributed by atoms with van der Waals surface area (Å²) in [5.74, 6) is 0. The number of aryl methyl sites for hydroxylation is 4. The van der Waals surface area contributed by atoms with E-state index in [1.165, 1.54) is 47.5 Å². The second kappa shape index (κ2) is 4.99. The number of benzene rings is 1. The van der Waals surface area contributed by atoms with E-state index in [2.05, 4.69) is 53.3 Å². The number of nitrogens with zero attached hydrogens (tertiary/aromatic N) is 2. The fourth-order valence-electron chi connectivity index (χ4n) is 3.37. The highest BCUT2D eigenvalue weighted by molar-refractivity contribution is 7.16. The third-order valence-electron chi connectivity index (χ3n) is 4.54. The smallest absolute Gasteiger partial charge is 0.214 e. The Morgan fingerprint density at radius 1 is 1.14 bits per heavy atom. The van der Waals surface area contributed by atoms with Gasteiger partial charge >= 0.3 is 4.96 Å². The van der Waals surface area contributed by atoms with Crippen LogP contribution in [0.15, 0.2) is 30.5 Å². The lowest BCUT2D eigenvalue weighted by molar-refractivity contribution is -0.654. The predicted octanol–water partition coefficient (Wildman–Crippen LogP) is 4.16. The van der Waals surface area contributed by atoms with Crippen LogP contribution in [0.1, 0.15) is 35.9 Å². The molecule has 0 fully saturated rings. The zero-order valence-electron chi connectivity index (χ0n) is 12.7. The zero-order chi connectivity index (χ0) is 14.4. The first-order valence-corrected chi connectivity index (χ1v) is 8.72. The summed E-state index contributed by atoms with van der Waals surface area (Å²) in [4.78, 5) is 3.01. The SMILES string of the molecule is CC[n+]1c(-c2ccc(C)cc2)cn2c3c(sc21)CCCC3. The molecule has 0 bridgehead atoms. The van der Waals surface area contributed by atoms with Crippen LogP contribution in [0.3, 0.4) is 0 Å². The van der Waals surface area contributed by atoms with Gasteiger partial charge in [0.15, 0.2) is 5.69 Å². The van der Waals surface area contributed by atoms with Crippen LogP contribution in [-0.2, 0) is 19.4 Å². The molecule has 2 aromatic heterocycles. The largest absolute Gasteiger partial charge is 0.346 e. The van der Waals surface area contributed by atoms with Crippen molar-refractivity contribution < 1.29 is 4.57 Å². The van der Waals surface area contributed by atoms with Gasteiger partial charge in [0.2, 0.25) is 0 Å². The summed E-state index contributed by atoms with van der Waals surface area (Å²) in [5.41, 5.74) is 5.54. The highest BCUT2D eigenvalue weighted by atomic mass is 32.1. The monoisotopic (exact) mass is 297 g/mol. The van der Waals surface area contributed by atoms with Gasteiger partial charge in [-0.2, -0.15) is 4.40 Å². The van der Waals surface area contributed by atoms with Crippen molar-refractivity contribution in [1.29, 1.82) is 0 Å². The molecule has 0 spiro atoms. The van der Waals surface area contributed by atoms with Crippen molar-refractivity contribution in [2.45, 2.75) is 46.1 Å². The van der Waals surface area contributed by atoms with Gasteiger partial charge in [0, 0.05) is 12.0 Å². The Labute approximate surface area is 129 Å². The van der Waals surface area contributed by atoms with E-state index in [1.807, 2.05) is 11.3 Å². The molecule has 21 heavy (non-hydrogen) atoms. The molecule has 4 rings (SSSR count). The van der Waals surface area contributed by atoms with Crippen LogP contribution in [0.5, 0.6) is 0 Å². The molecule has 1 aromatic carbocycles. The summed E-state index contributed by atoms with van der Waals surface area (Å²) in [6.07, 6.45) is 7.55. The van der Waals surface area contributed by atoms with Crippen molar-refractivity contribution in [3.05, 3.63) is 46.6 Å². The maximum atomic E-state index is 2.47. The number of imidazole rings is 1. The molecule has 2 heterocycles. The Bertz CT molecular complexity index is 793. The van der Waals surface area contributed by atoms with Gasteiger partial charge in [-0.1, -0.05) is 41.2 Å². The van der Waals surface area contributed by atoms with Crippen LogP contribution >= 0.6 is 11.3 Å². The van der Waals surface area contributed by atoms with Crippen molar-refractivity contribution in [3.63, 3.8) is 0 Å². The fourth-order valence-corrected chi connectivity index (χ4v) is 4.76. The summed E-state index contributed by atoms with van der Waals surface area (Å²) in [6, 6.07) is 8.90. The van der Waals surface area contributed by atoms with Crippen molar-refractivity contribution in [1.82, 2.24) is 4.40 Å². The number of aromatic nitrogens is 2. The van der Waals surface area contributed by atoms with Gasteiger partial charge in [-0.25, -0.2) is 4.57 Å². The molecule has 3 aromatic rings. The summed E-state index contributed by atoms with van der Waals surface area (Å²) >= 11 is 2.00. The van der Waals surface area contributed by atoms with E-state index in [0.29, 0.717) is 0 Å². The van der Waals surface area contributed by atoms with E-state index in [-0.39, 0.29) is 0 Å². The van der Waals surface area contributed by atoms with Gasteiger partial charge < -0.3 is 0 Å². The molecule has 0 N–H and O–H groups in total. The lowest BCUT2D eigenvalue weighted by Gasteiger charge is -2.06. The summed E-state index contributed by atoms with van der Waals surface area (Å²) < 4.78 is 4.92. The first kappa shape index (κ1) is 13.1. The van der Waals surface area contributed by atoms with Crippen LogP contribution in [0.2, 0.25) is 0 Å². The maximum absolute atomic E-state index is 2.47. The Balaban J connectivity index is 1.93. The molecular formula is C18H21N2S+. The minimum Gasteiger partial charge on any atom is -0.214 e. The number of hydrogen-bond donors (Lipinski definition) is 0. The molecular weight excluding hydrogens is 276 g/mol. The van der Waals surface area contributed by atoms with E-state index < -0.39 is 0 Å². The number of hydrogen-bond acceptors (Lipinski definition) is 1. The molecule has 0 unspecified atom stereocenters. The molecule has 0 saturated heterocycles. The Morgan fingerprint density at radius 2 is 1.90 bits per heavy atom. The van der Waals surface area contributed by atoms with Gasteiger partial charge in [0.1, 0.15) is 11.9 Å². The maximum Gasteiger partial charge on any atom is 0.346 e. The average Bonchev–Trinajstić information content (AvgIpc) is 3.03. The molecule has 3 heteroatoms. The zero-order valence-corrected chi connectivity index (χ0v) is 13.5. The lowest BCUT2D eigenvalue weighted by Crippen LogP contribution is -2.32. The van der Waals surface area contributed by atoms with E-state index in [1.54, 1.807) is 10.6 Å². The second-order valence-corrected chi connectivity index (χ2v) is 7.02. The molecule has 0 radical (unpaired) electrons. The van der Waals surface area contributed by atoms with E-state index >= 15 is 0 Å². The molecule has 0 atom stereocenters. The van der Waals surface area contributed by atoms with E-state index in [4.69, 9.17) is 0 Å². The minimum absolute atomic E-state index is 1.03. The van der Waals surface area contributed by atoms with E-state index in [9.17, 15) is 0 Å². The van der Waals surface area contributed by atoms with Gasteiger partial charge in [0.25, 0.3) is 0 Å². The van der Waals surface area contributed by atoms with Crippen molar-refractivity contribution in [2.75, 3.05) is 0 Å². The minimum atomic E-state index is 1.03. The van der Waals surface area contributed by atoms with Crippen LogP contribution in [0.4, 0.5) is 0 Å². The Hall–Kier alpha value is -1.61. The first-order valence-electron chi connectivity index (χ1n) is 7.90. The normalized spacial score (nSPS) is 14.6. The van der Waals surface area contributed by atoms with Gasteiger partial charge in [-0.05, 0) is 33.1 Å². The summed E-state index contributed by atoms with van der Waals surface area (Å²) in [6.45, 7) is 5.42. The molecule has 1 aliphatic rings. The topological polar surface area (TPSA) is 8.29 Å². The molecule has 2 nitrogen and oxygen atoms in total. The summed E-state index contributed by atoms with van der Waals surface area (Å²) in [7, 11) is 0. The molecule has 0 aliphatic heterocycles. The van der Waals surface area contributed by atoms with Gasteiger partial charge in [0.05, 0.1) is 11.4 Å². The van der Waals surface area contributed by atoms with Crippen LogP contribution in [0.25, 0.3) is 16.2 Å². The molecule has 0 saturated carbocycles. The van der Waals surface area contributed by atoms with Gasteiger partial charge in [-0.15, -0.1) is 0 Å². The highest BCUT2D eigenvalue weighted by Crippen LogP contribution is 2.31. The second-order valence-electron chi connectivity index (χ2n) is 5.96. The average molecular weight is 297 g/mol. The molecule has 1 aliphatic carbocycles. The van der Waals surface area contributed by atoms with Crippen LogP contribution < -0.4 is 4.57 Å². The standard InChI is InChI=1S/C18H21N2S/c1-3-19-16(14-10-8-13(2)9-11-14)12-20-15-6-4-5-7-17(15)21-18(19)20/h8-12H,3-7H2,1-2H3/q+1. The number of rotatable bonds is 2. The lowest BCUT2D eigenvalue weighted by atomic mass is 10.0. The van der Waals surface area contributed by atoms with E-state index in [0.717, 1.165) is 6.54 Å². The highest BCUT2D eigenvalue weighted by Gasteiger charge is 2.27. The fraction of sp³-hybridized carbons (Fsp3) is 0.389. The van der Waals surface area contributed by atoms with Crippen LogP contribution in [0, 0.1) is 6.92 Å². The third-order valence-corrected chi connectivity index (χ3v) is 5.82. The third kappa shape index (κ3) is 2.03. The van der Waals surface area contributed by atoms with Gasteiger partial charge in [-0.3, -0.25) is 0 Å². The van der Waals surface area contributed by atoms with Crippen LogP contribution in [-0.4, -0.2) is 4.40 Å². The number of thiazole rings is 1. The van der Waals surface area contributed by atoms with Crippen molar-refractivity contribution in [2.24, 2.45) is 0 Å². The van der Waals surface area contributed by atoms with Crippen molar-refractivity contribution in [3.8, 4) is 11.3 Å². The molecule has 0 amide bonds. The van der Waals surface area contributed by atoms with Crippen molar-refractivity contribution >= 4 is 16.3 Å². The number of fused-ring (bicyclic) bond motifs is 3. The predicted molar refractivity (Wildman–Crippen MR) is 88.0 cm³/mol.